The Morgan fingerprint density at radius 3 is 2.64 bits per heavy atom. The number of carbonyl (C=O) groups excluding carboxylic acids is 2. The average molecular weight is 311 g/mol. The number of benzene rings is 1. The molecular weight excluding hydrogens is 290 g/mol. The smallest absolute Gasteiger partial charge is 0.308 e. The fourth-order valence-electron chi connectivity index (χ4n) is 1.81. The number of carbonyl (C=O) groups is 2. The molecule has 7 heteroatoms. The molecule has 0 radical (unpaired) electrons. The monoisotopic (exact) mass is 311 g/mol. The zero-order chi connectivity index (χ0) is 16.5. The molecule has 2 N–H and O–H groups in total. The van der Waals surface area contributed by atoms with Crippen molar-refractivity contribution in [3.8, 4) is 11.5 Å². The Balaban J connectivity index is 2.95. The fourth-order valence-corrected chi connectivity index (χ4v) is 1.81. The highest BCUT2D eigenvalue weighted by Crippen LogP contribution is 2.30. The molecular formula is C15H21NO6. The third-order valence-electron chi connectivity index (χ3n) is 2.67. The number of ether oxygens (including phenoxy) is 4. The average Bonchev–Trinajstić information content (AvgIpc) is 2.44. The molecule has 0 saturated heterocycles. The van der Waals surface area contributed by atoms with Gasteiger partial charge in [0.25, 0.3) is 0 Å². The lowest BCUT2D eigenvalue weighted by atomic mass is 10.0. The van der Waals surface area contributed by atoms with Gasteiger partial charge in [-0.1, -0.05) is 6.07 Å². The molecule has 0 heterocycles. The molecule has 0 bridgehead atoms. The third kappa shape index (κ3) is 5.71. The van der Waals surface area contributed by atoms with E-state index in [1.54, 1.807) is 19.1 Å². The van der Waals surface area contributed by atoms with Crippen molar-refractivity contribution in [3.63, 3.8) is 0 Å². The lowest BCUT2D eigenvalue weighted by Gasteiger charge is -2.17. The second-order valence-electron chi connectivity index (χ2n) is 4.46. The van der Waals surface area contributed by atoms with Gasteiger partial charge in [-0.2, -0.15) is 0 Å². The molecule has 1 aromatic rings. The van der Waals surface area contributed by atoms with E-state index in [1.165, 1.54) is 20.1 Å². The first kappa shape index (κ1) is 17.9. The van der Waals surface area contributed by atoms with E-state index in [2.05, 4.69) is 0 Å². The number of hydrogen-bond acceptors (Lipinski definition) is 7. The molecule has 0 aliphatic carbocycles. The number of esters is 2. The zero-order valence-electron chi connectivity index (χ0n) is 13.0. The van der Waals surface area contributed by atoms with E-state index in [0.29, 0.717) is 23.7 Å². The molecule has 122 valence electrons. The van der Waals surface area contributed by atoms with Gasteiger partial charge in [-0.25, -0.2) is 0 Å². The molecule has 0 aromatic heterocycles. The Bertz CT molecular complexity index is 517. The van der Waals surface area contributed by atoms with Gasteiger partial charge in [0.1, 0.15) is 11.5 Å². The van der Waals surface area contributed by atoms with Gasteiger partial charge in [0, 0.05) is 31.7 Å². The van der Waals surface area contributed by atoms with Crippen molar-refractivity contribution < 1.29 is 28.5 Å². The number of hydrogen-bond donors (Lipinski definition) is 1. The molecule has 1 rings (SSSR count). The molecule has 0 aliphatic rings. The number of nitrogens with two attached hydrogens (primary N) is 1. The minimum atomic E-state index is -0.600. The first-order valence-corrected chi connectivity index (χ1v) is 6.83. The van der Waals surface area contributed by atoms with E-state index in [-0.39, 0.29) is 13.2 Å². The van der Waals surface area contributed by atoms with E-state index in [1.807, 2.05) is 0 Å². The predicted molar refractivity (Wildman–Crippen MR) is 78.4 cm³/mol. The van der Waals surface area contributed by atoms with Gasteiger partial charge >= 0.3 is 11.9 Å². The van der Waals surface area contributed by atoms with Crippen molar-refractivity contribution >= 4 is 11.9 Å². The summed E-state index contributed by atoms with van der Waals surface area (Å²) < 4.78 is 20.2. The minimum Gasteiger partial charge on any atom is -0.467 e. The Labute approximate surface area is 129 Å². The highest BCUT2D eigenvalue weighted by atomic mass is 16.7. The molecule has 0 fully saturated rings. The maximum atomic E-state index is 11.5. The minimum absolute atomic E-state index is 0.00263. The van der Waals surface area contributed by atoms with Crippen molar-refractivity contribution in [2.45, 2.75) is 26.3 Å². The Kier molecular flexibility index (Phi) is 7.34. The summed E-state index contributed by atoms with van der Waals surface area (Å²) in [6.07, 6.45) is 0.0180. The predicted octanol–water partition coefficient (Wildman–Crippen LogP) is 1.55. The van der Waals surface area contributed by atoms with Crippen LogP contribution in [0.1, 0.15) is 31.9 Å². The Hall–Kier alpha value is -2.12. The summed E-state index contributed by atoms with van der Waals surface area (Å²) in [6, 6.07) is 4.16. The molecule has 0 amide bonds. The lowest BCUT2D eigenvalue weighted by Crippen LogP contribution is -2.18. The lowest BCUT2D eigenvalue weighted by molar-refractivity contribution is -0.143. The van der Waals surface area contributed by atoms with Crippen LogP contribution >= 0.6 is 0 Å². The normalized spacial score (nSPS) is 11.6. The molecule has 1 aromatic carbocycles. The summed E-state index contributed by atoms with van der Waals surface area (Å²) in [4.78, 5) is 22.5. The largest absolute Gasteiger partial charge is 0.467 e. The van der Waals surface area contributed by atoms with Crippen LogP contribution in [-0.4, -0.2) is 32.4 Å². The van der Waals surface area contributed by atoms with Gasteiger partial charge in [0.15, 0.2) is 6.79 Å². The van der Waals surface area contributed by atoms with E-state index in [9.17, 15) is 9.59 Å². The SMILES string of the molecule is CCOC(=O)C[C@@H](N)c1ccc(OC(C)=O)cc1OCOC. The molecule has 0 aliphatic heterocycles. The van der Waals surface area contributed by atoms with Gasteiger partial charge in [-0.15, -0.1) is 0 Å². The second-order valence-corrected chi connectivity index (χ2v) is 4.46. The van der Waals surface area contributed by atoms with Crippen LogP contribution in [0.5, 0.6) is 11.5 Å². The first-order valence-electron chi connectivity index (χ1n) is 6.83. The maximum Gasteiger partial charge on any atom is 0.308 e. The second kappa shape index (κ2) is 9.01. The quantitative estimate of drug-likeness (QED) is 0.442. The summed E-state index contributed by atoms with van der Waals surface area (Å²) >= 11 is 0. The standard InChI is InChI=1S/C15H21NO6/c1-4-20-15(18)8-13(16)12-6-5-11(22-10(2)17)7-14(12)21-9-19-3/h5-7,13H,4,8-9,16H2,1-3H3/t13-/m1/s1. The summed E-state index contributed by atoms with van der Waals surface area (Å²) in [5.41, 5.74) is 6.62. The van der Waals surface area contributed by atoms with Crippen LogP contribution in [0.15, 0.2) is 18.2 Å². The fraction of sp³-hybridized carbons (Fsp3) is 0.467. The van der Waals surface area contributed by atoms with E-state index in [0.717, 1.165) is 0 Å². The van der Waals surface area contributed by atoms with Crippen molar-refractivity contribution in [1.29, 1.82) is 0 Å². The van der Waals surface area contributed by atoms with Crippen molar-refractivity contribution in [1.82, 2.24) is 0 Å². The van der Waals surface area contributed by atoms with Crippen LogP contribution in [0, 0.1) is 0 Å². The van der Waals surface area contributed by atoms with Gasteiger partial charge < -0.3 is 24.7 Å². The maximum absolute atomic E-state index is 11.5. The van der Waals surface area contributed by atoms with Gasteiger partial charge in [-0.3, -0.25) is 9.59 Å². The molecule has 0 saturated carbocycles. The number of rotatable bonds is 8. The van der Waals surface area contributed by atoms with Gasteiger partial charge in [0.05, 0.1) is 13.0 Å². The van der Waals surface area contributed by atoms with E-state index in [4.69, 9.17) is 24.7 Å². The highest BCUT2D eigenvalue weighted by molar-refractivity contribution is 5.71. The zero-order valence-corrected chi connectivity index (χ0v) is 13.0. The van der Waals surface area contributed by atoms with Crippen LogP contribution in [0.3, 0.4) is 0 Å². The summed E-state index contributed by atoms with van der Waals surface area (Å²) in [6.45, 7) is 3.33. The first-order chi connectivity index (χ1) is 10.5. The van der Waals surface area contributed by atoms with E-state index >= 15 is 0 Å². The third-order valence-corrected chi connectivity index (χ3v) is 2.67. The van der Waals surface area contributed by atoms with Crippen molar-refractivity contribution in [2.24, 2.45) is 5.73 Å². The molecule has 0 unspecified atom stereocenters. The summed E-state index contributed by atoms with van der Waals surface area (Å²) in [7, 11) is 1.48. The van der Waals surface area contributed by atoms with Crippen molar-refractivity contribution in [3.05, 3.63) is 23.8 Å². The molecule has 0 spiro atoms. The number of methoxy groups -OCH3 is 1. The molecule has 22 heavy (non-hydrogen) atoms. The molecule has 7 nitrogen and oxygen atoms in total. The van der Waals surface area contributed by atoms with Crippen molar-refractivity contribution in [2.75, 3.05) is 20.5 Å². The van der Waals surface area contributed by atoms with Crippen LogP contribution in [0.25, 0.3) is 0 Å². The van der Waals surface area contributed by atoms with E-state index < -0.39 is 18.0 Å². The van der Waals surface area contributed by atoms with Crippen LogP contribution in [-0.2, 0) is 19.1 Å². The highest BCUT2D eigenvalue weighted by Gasteiger charge is 2.18. The Morgan fingerprint density at radius 1 is 1.32 bits per heavy atom. The van der Waals surface area contributed by atoms with Crippen LogP contribution < -0.4 is 15.2 Å². The topological polar surface area (TPSA) is 97.1 Å². The molecule has 1 atom stereocenters. The Morgan fingerprint density at radius 2 is 2.05 bits per heavy atom. The van der Waals surface area contributed by atoms with Crippen LogP contribution in [0.2, 0.25) is 0 Å². The van der Waals surface area contributed by atoms with Crippen LogP contribution in [0.4, 0.5) is 0 Å². The summed E-state index contributed by atoms with van der Waals surface area (Å²) in [5.74, 6) is -0.124. The van der Waals surface area contributed by atoms with Gasteiger partial charge in [-0.05, 0) is 13.0 Å². The summed E-state index contributed by atoms with van der Waals surface area (Å²) in [5, 5.41) is 0. The van der Waals surface area contributed by atoms with Gasteiger partial charge in [0.2, 0.25) is 0 Å².